The van der Waals surface area contributed by atoms with E-state index in [0.29, 0.717) is 25.2 Å². The van der Waals surface area contributed by atoms with Crippen LogP contribution in [0.4, 0.5) is 22.0 Å². The third-order valence-electron chi connectivity index (χ3n) is 3.12. The zero-order valence-corrected chi connectivity index (χ0v) is 12.4. The molecule has 0 bridgehead atoms. The molecule has 122 valence electrons. The van der Waals surface area contributed by atoms with Gasteiger partial charge in [-0.05, 0) is 6.07 Å². The standard InChI is InChI=1S/C12H13F5N2.2ClH/c13-7-5-8(10(15)9(14)6-7)11(12(16)17)19-3-1-18-2-4-19;;/h5-6,11-12,18H,1-4H2;2*1H/t11-;;/m0../s1. The number of halogens is 7. The minimum Gasteiger partial charge on any atom is -0.314 e. The Morgan fingerprint density at radius 3 is 2.10 bits per heavy atom. The summed E-state index contributed by atoms with van der Waals surface area (Å²) in [6, 6.07) is -0.650. The molecule has 21 heavy (non-hydrogen) atoms. The monoisotopic (exact) mass is 352 g/mol. The fourth-order valence-corrected chi connectivity index (χ4v) is 2.24. The van der Waals surface area contributed by atoms with Gasteiger partial charge < -0.3 is 5.32 Å². The van der Waals surface area contributed by atoms with Gasteiger partial charge >= 0.3 is 0 Å². The van der Waals surface area contributed by atoms with E-state index in [0.717, 1.165) is 0 Å². The second-order valence-electron chi connectivity index (χ2n) is 4.36. The second kappa shape index (κ2) is 8.73. The zero-order chi connectivity index (χ0) is 14.0. The van der Waals surface area contributed by atoms with Crippen molar-refractivity contribution in [2.24, 2.45) is 0 Å². The van der Waals surface area contributed by atoms with E-state index in [2.05, 4.69) is 5.32 Å². The maximum absolute atomic E-state index is 13.6. The van der Waals surface area contributed by atoms with Crippen LogP contribution in [0.5, 0.6) is 0 Å². The van der Waals surface area contributed by atoms with Crippen molar-refractivity contribution in [1.29, 1.82) is 0 Å². The molecule has 1 aliphatic heterocycles. The van der Waals surface area contributed by atoms with Crippen LogP contribution in [0.25, 0.3) is 0 Å². The first-order valence-electron chi connectivity index (χ1n) is 5.88. The number of hydrogen-bond donors (Lipinski definition) is 1. The summed E-state index contributed by atoms with van der Waals surface area (Å²) in [7, 11) is 0. The van der Waals surface area contributed by atoms with Crippen LogP contribution in [0.1, 0.15) is 11.6 Å². The molecular formula is C12H15Cl2F5N2. The number of nitrogens with one attached hydrogen (secondary N) is 1. The summed E-state index contributed by atoms with van der Waals surface area (Å²) >= 11 is 0. The molecule has 0 radical (unpaired) electrons. The van der Waals surface area contributed by atoms with Gasteiger partial charge in [-0.2, -0.15) is 0 Å². The number of piperazine rings is 1. The van der Waals surface area contributed by atoms with Gasteiger partial charge in [0.15, 0.2) is 11.6 Å². The van der Waals surface area contributed by atoms with Crippen molar-refractivity contribution in [2.75, 3.05) is 26.2 Å². The predicted molar refractivity (Wildman–Crippen MR) is 74.0 cm³/mol. The number of hydrogen-bond acceptors (Lipinski definition) is 2. The van der Waals surface area contributed by atoms with Gasteiger partial charge in [0.25, 0.3) is 6.43 Å². The molecule has 0 unspecified atom stereocenters. The summed E-state index contributed by atoms with van der Waals surface area (Å²) < 4.78 is 66.2. The first kappa shape index (κ1) is 20.4. The quantitative estimate of drug-likeness (QED) is 0.664. The Hall–Kier alpha value is -0.630. The van der Waals surface area contributed by atoms with E-state index in [1.807, 2.05) is 0 Å². The number of nitrogens with zero attached hydrogens (tertiary/aromatic N) is 1. The number of rotatable bonds is 3. The normalized spacial score (nSPS) is 17.0. The average molecular weight is 353 g/mol. The fraction of sp³-hybridized carbons (Fsp3) is 0.500. The molecule has 1 fully saturated rings. The van der Waals surface area contributed by atoms with Crippen molar-refractivity contribution in [2.45, 2.75) is 12.5 Å². The van der Waals surface area contributed by atoms with Crippen LogP contribution in [0.15, 0.2) is 12.1 Å². The van der Waals surface area contributed by atoms with Crippen LogP contribution in [-0.4, -0.2) is 37.5 Å². The first-order valence-corrected chi connectivity index (χ1v) is 5.88. The Balaban J connectivity index is 0.00000200. The number of alkyl halides is 2. The largest absolute Gasteiger partial charge is 0.314 e. The molecule has 0 aromatic heterocycles. The Kier molecular flexibility index (Phi) is 8.46. The first-order chi connectivity index (χ1) is 9.00. The highest BCUT2D eigenvalue weighted by Crippen LogP contribution is 2.31. The van der Waals surface area contributed by atoms with Crippen LogP contribution >= 0.6 is 24.8 Å². The van der Waals surface area contributed by atoms with E-state index in [9.17, 15) is 22.0 Å². The van der Waals surface area contributed by atoms with Gasteiger partial charge in [-0.25, -0.2) is 22.0 Å². The van der Waals surface area contributed by atoms with E-state index in [-0.39, 0.29) is 37.9 Å². The summed E-state index contributed by atoms with van der Waals surface area (Å²) in [6.45, 7) is 1.49. The minimum absolute atomic E-state index is 0. The Labute approximate surface area is 131 Å². The molecule has 0 aliphatic carbocycles. The third-order valence-corrected chi connectivity index (χ3v) is 3.12. The molecule has 1 aliphatic rings. The van der Waals surface area contributed by atoms with Crippen molar-refractivity contribution in [3.05, 3.63) is 35.1 Å². The van der Waals surface area contributed by atoms with Crippen LogP contribution in [0, 0.1) is 17.5 Å². The van der Waals surface area contributed by atoms with Crippen LogP contribution in [0.3, 0.4) is 0 Å². The van der Waals surface area contributed by atoms with Crippen LogP contribution in [0.2, 0.25) is 0 Å². The lowest BCUT2D eigenvalue weighted by Gasteiger charge is -2.34. The molecule has 9 heteroatoms. The summed E-state index contributed by atoms with van der Waals surface area (Å²) in [5.41, 5.74) is -0.630. The molecule has 2 rings (SSSR count). The van der Waals surface area contributed by atoms with Crippen molar-refractivity contribution < 1.29 is 22.0 Å². The lowest BCUT2D eigenvalue weighted by molar-refractivity contribution is 0.0159. The van der Waals surface area contributed by atoms with E-state index in [1.54, 1.807) is 0 Å². The summed E-state index contributed by atoms with van der Waals surface area (Å²) in [6.07, 6.45) is -2.92. The molecular weight excluding hydrogens is 338 g/mol. The summed E-state index contributed by atoms with van der Waals surface area (Å²) in [4.78, 5) is 1.33. The fourth-order valence-electron chi connectivity index (χ4n) is 2.24. The predicted octanol–water partition coefficient (Wildman–Crippen LogP) is 3.16. The molecule has 0 saturated carbocycles. The van der Waals surface area contributed by atoms with Gasteiger partial charge in [0.05, 0.1) is 6.04 Å². The van der Waals surface area contributed by atoms with Gasteiger partial charge in [-0.15, -0.1) is 24.8 Å². The van der Waals surface area contributed by atoms with E-state index >= 15 is 0 Å². The topological polar surface area (TPSA) is 15.3 Å². The Morgan fingerprint density at radius 2 is 1.57 bits per heavy atom. The molecule has 1 aromatic rings. The van der Waals surface area contributed by atoms with E-state index < -0.39 is 35.5 Å². The molecule has 1 aromatic carbocycles. The highest BCUT2D eigenvalue weighted by molar-refractivity contribution is 5.85. The molecule has 1 heterocycles. The van der Waals surface area contributed by atoms with Gasteiger partial charge in [0.2, 0.25) is 0 Å². The van der Waals surface area contributed by atoms with Gasteiger partial charge in [-0.1, -0.05) is 0 Å². The van der Waals surface area contributed by atoms with E-state index in [4.69, 9.17) is 0 Å². The summed E-state index contributed by atoms with van der Waals surface area (Å²) in [5.74, 6) is -3.92. The maximum Gasteiger partial charge on any atom is 0.258 e. The molecule has 0 amide bonds. The number of benzene rings is 1. The van der Waals surface area contributed by atoms with Gasteiger partial charge in [0.1, 0.15) is 5.82 Å². The lowest BCUT2D eigenvalue weighted by atomic mass is 10.0. The van der Waals surface area contributed by atoms with Crippen molar-refractivity contribution in [3.8, 4) is 0 Å². The Bertz CT molecular complexity index is 456. The lowest BCUT2D eigenvalue weighted by Crippen LogP contribution is -2.47. The highest BCUT2D eigenvalue weighted by Gasteiger charge is 2.33. The molecule has 1 saturated heterocycles. The third kappa shape index (κ3) is 4.67. The average Bonchev–Trinajstić information content (AvgIpc) is 2.36. The molecule has 1 N–H and O–H groups in total. The Morgan fingerprint density at radius 1 is 1.00 bits per heavy atom. The highest BCUT2D eigenvalue weighted by atomic mass is 35.5. The maximum atomic E-state index is 13.6. The minimum atomic E-state index is -2.92. The molecule has 0 spiro atoms. The van der Waals surface area contributed by atoms with Crippen LogP contribution < -0.4 is 5.32 Å². The SMILES string of the molecule is Cl.Cl.Fc1cc(F)c(F)c([C@@H](C(F)F)N2CCNCC2)c1. The van der Waals surface area contributed by atoms with Crippen molar-refractivity contribution >= 4 is 24.8 Å². The van der Waals surface area contributed by atoms with Crippen molar-refractivity contribution in [1.82, 2.24) is 10.2 Å². The van der Waals surface area contributed by atoms with Gasteiger partial charge in [-0.3, -0.25) is 4.90 Å². The molecule has 1 atom stereocenters. The zero-order valence-electron chi connectivity index (χ0n) is 10.8. The molecule has 2 nitrogen and oxygen atoms in total. The second-order valence-corrected chi connectivity index (χ2v) is 4.36. The van der Waals surface area contributed by atoms with Gasteiger partial charge in [0, 0.05) is 37.8 Å². The smallest absolute Gasteiger partial charge is 0.258 e. The van der Waals surface area contributed by atoms with Crippen LogP contribution in [-0.2, 0) is 0 Å². The van der Waals surface area contributed by atoms with Crippen molar-refractivity contribution in [3.63, 3.8) is 0 Å². The summed E-state index contributed by atoms with van der Waals surface area (Å²) in [5, 5.41) is 2.97. The van der Waals surface area contributed by atoms with E-state index in [1.165, 1.54) is 4.90 Å².